The minimum atomic E-state index is 0.770. The number of hydrogen-bond donors (Lipinski definition) is 0. The molecule has 0 radical (unpaired) electrons. The summed E-state index contributed by atoms with van der Waals surface area (Å²) >= 11 is 0. The van der Waals surface area contributed by atoms with Crippen LogP contribution in [0.15, 0.2) is 42.5 Å². The fourth-order valence-electron chi connectivity index (χ4n) is 1.96. The highest BCUT2D eigenvalue weighted by Gasteiger charge is 1.99. The van der Waals surface area contributed by atoms with Gasteiger partial charge in [0.1, 0.15) is 5.75 Å². The van der Waals surface area contributed by atoms with Crippen molar-refractivity contribution in [2.75, 3.05) is 6.61 Å². The highest BCUT2D eigenvalue weighted by molar-refractivity contribution is 5.70. The molecule has 0 aromatic heterocycles. The zero-order valence-electron chi connectivity index (χ0n) is 12.5. The summed E-state index contributed by atoms with van der Waals surface area (Å²) in [6, 6.07) is 14.9. The second-order valence-corrected chi connectivity index (χ2v) is 5.12. The molecule has 1 heteroatoms. The average Bonchev–Trinajstić information content (AvgIpc) is 2.46. The quantitative estimate of drug-likeness (QED) is 0.670. The molecule has 20 heavy (non-hydrogen) atoms. The van der Waals surface area contributed by atoms with E-state index in [1.807, 2.05) is 0 Å². The third-order valence-electron chi connectivity index (χ3n) is 3.22. The van der Waals surface area contributed by atoms with Crippen molar-refractivity contribution in [2.24, 2.45) is 0 Å². The first-order chi connectivity index (χ1) is 9.69. The summed E-state index contributed by atoms with van der Waals surface area (Å²) in [6.45, 7) is 7.08. The van der Waals surface area contributed by atoms with Gasteiger partial charge < -0.3 is 4.74 Å². The van der Waals surface area contributed by atoms with E-state index in [1.54, 1.807) is 0 Å². The van der Waals surface area contributed by atoms with Gasteiger partial charge in [0.25, 0.3) is 0 Å². The topological polar surface area (TPSA) is 9.23 Å². The Hall–Kier alpha value is -2.02. The van der Waals surface area contributed by atoms with Crippen LogP contribution in [0, 0.1) is 13.8 Å². The highest BCUT2D eigenvalue weighted by Crippen LogP contribution is 2.21. The van der Waals surface area contributed by atoms with Crippen molar-refractivity contribution in [1.29, 1.82) is 0 Å². The maximum Gasteiger partial charge on any atom is 0.122 e. The van der Waals surface area contributed by atoms with Crippen molar-refractivity contribution in [3.8, 4) is 5.75 Å². The lowest BCUT2D eigenvalue weighted by atomic mass is 10.1. The van der Waals surface area contributed by atoms with Gasteiger partial charge in [0.2, 0.25) is 0 Å². The van der Waals surface area contributed by atoms with Gasteiger partial charge in [0, 0.05) is 0 Å². The Kier molecular flexibility index (Phi) is 5.00. The fourth-order valence-corrected chi connectivity index (χ4v) is 1.96. The van der Waals surface area contributed by atoms with Crippen LogP contribution in [0.4, 0.5) is 0 Å². The lowest BCUT2D eigenvalue weighted by Crippen LogP contribution is -1.97. The molecule has 0 saturated heterocycles. The van der Waals surface area contributed by atoms with Crippen LogP contribution in [0.2, 0.25) is 0 Å². The maximum atomic E-state index is 5.76. The number of rotatable bonds is 5. The Morgan fingerprint density at radius 2 is 1.55 bits per heavy atom. The fraction of sp³-hybridized carbons (Fsp3) is 0.263. The van der Waals surface area contributed by atoms with Crippen molar-refractivity contribution in [2.45, 2.75) is 27.2 Å². The molecule has 2 rings (SSSR count). The van der Waals surface area contributed by atoms with Crippen molar-refractivity contribution in [3.63, 3.8) is 0 Å². The smallest absolute Gasteiger partial charge is 0.122 e. The molecule has 0 amide bonds. The first-order valence-electron chi connectivity index (χ1n) is 7.17. The second-order valence-electron chi connectivity index (χ2n) is 5.12. The minimum absolute atomic E-state index is 0.770. The highest BCUT2D eigenvalue weighted by atomic mass is 16.5. The molecular weight excluding hydrogens is 244 g/mol. The molecule has 2 aromatic carbocycles. The number of ether oxygens (including phenoxy) is 1. The van der Waals surface area contributed by atoms with E-state index in [1.165, 1.54) is 22.3 Å². The van der Waals surface area contributed by atoms with Gasteiger partial charge in [-0.3, -0.25) is 0 Å². The van der Waals surface area contributed by atoms with E-state index >= 15 is 0 Å². The van der Waals surface area contributed by atoms with Crippen LogP contribution in [0.5, 0.6) is 5.75 Å². The summed E-state index contributed by atoms with van der Waals surface area (Å²) in [5.41, 5.74) is 4.85. The second kappa shape index (κ2) is 6.95. The molecule has 0 spiro atoms. The molecule has 0 fully saturated rings. The van der Waals surface area contributed by atoms with Crippen molar-refractivity contribution in [1.82, 2.24) is 0 Å². The summed E-state index contributed by atoms with van der Waals surface area (Å²) in [5, 5.41) is 0. The molecule has 0 aliphatic carbocycles. The SMILES string of the molecule is CCCOc1cc(/C=C/c2ccc(C)cc2)ccc1C. The maximum absolute atomic E-state index is 5.76. The number of benzene rings is 2. The van der Waals surface area contributed by atoms with Gasteiger partial charge in [-0.25, -0.2) is 0 Å². The van der Waals surface area contributed by atoms with Crippen LogP contribution in [0.25, 0.3) is 12.2 Å². The van der Waals surface area contributed by atoms with E-state index in [2.05, 4.69) is 75.4 Å². The van der Waals surface area contributed by atoms with Crippen molar-refractivity contribution in [3.05, 3.63) is 64.7 Å². The Labute approximate surface area is 121 Å². The molecule has 0 unspecified atom stereocenters. The van der Waals surface area contributed by atoms with Crippen molar-refractivity contribution >= 4 is 12.2 Å². The summed E-state index contributed by atoms with van der Waals surface area (Å²) < 4.78 is 5.76. The number of aryl methyl sites for hydroxylation is 2. The normalized spacial score (nSPS) is 10.9. The summed E-state index contributed by atoms with van der Waals surface area (Å²) in [6.07, 6.45) is 5.29. The molecule has 104 valence electrons. The van der Waals surface area contributed by atoms with Gasteiger partial charge in [-0.05, 0) is 43.0 Å². The molecule has 0 atom stereocenters. The molecule has 0 saturated carbocycles. The van der Waals surface area contributed by atoms with E-state index in [4.69, 9.17) is 4.74 Å². The molecule has 0 aliphatic rings. The van der Waals surface area contributed by atoms with Crippen molar-refractivity contribution < 1.29 is 4.74 Å². The first kappa shape index (κ1) is 14.4. The third-order valence-corrected chi connectivity index (χ3v) is 3.22. The van der Waals surface area contributed by atoms with Gasteiger partial charge in [0.15, 0.2) is 0 Å². The van der Waals surface area contributed by atoms with Crippen LogP contribution in [0.3, 0.4) is 0 Å². The van der Waals surface area contributed by atoms with E-state index in [0.717, 1.165) is 18.8 Å². The van der Waals surface area contributed by atoms with Gasteiger partial charge in [-0.1, -0.05) is 61.0 Å². The van der Waals surface area contributed by atoms with Crippen LogP contribution >= 0.6 is 0 Å². The summed E-state index contributed by atoms with van der Waals surface area (Å²) in [4.78, 5) is 0. The standard InChI is InChI=1S/C19H22O/c1-4-13-20-19-14-18(10-7-16(19)3)12-11-17-8-5-15(2)6-9-17/h5-12,14H,4,13H2,1-3H3/b12-11+. The zero-order chi connectivity index (χ0) is 14.4. The van der Waals surface area contributed by atoms with Crippen LogP contribution in [-0.4, -0.2) is 6.61 Å². The molecular formula is C19H22O. The predicted octanol–water partition coefficient (Wildman–Crippen LogP) is 5.26. The molecule has 0 N–H and O–H groups in total. The summed E-state index contributed by atoms with van der Waals surface area (Å²) in [7, 11) is 0. The molecule has 0 aliphatic heterocycles. The summed E-state index contributed by atoms with van der Waals surface area (Å²) in [5.74, 6) is 0.984. The Morgan fingerprint density at radius 1 is 0.900 bits per heavy atom. The van der Waals surface area contributed by atoms with E-state index in [-0.39, 0.29) is 0 Å². The Morgan fingerprint density at radius 3 is 2.25 bits per heavy atom. The van der Waals surface area contributed by atoms with Gasteiger partial charge in [0.05, 0.1) is 6.61 Å². The molecule has 1 nitrogen and oxygen atoms in total. The number of hydrogen-bond acceptors (Lipinski definition) is 1. The minimum Gasteiger partial charge on any atom is -0.493 e. The van der Waals surface area contributed by atoms with Gasteiger partial charge in [-0.2, -0.15) is 0 Å². The monoisotopic (exact) mass is 266 g/mol. The predicted molar refractivity (Wildman–Crippen MR) is 87.1 cm³/mol. The lowest BCUT2D eigenvalue weighted by molar-refractivity contribution is 0.315. The lowest BCUT2D eigenvalue weighted by Gasteiger charge is -2.08. The Balaban J connectivity index is 2.14. The Bertz CT molecular complexity index is 579. The van der Waals surface area contributed by atoms with E-state index < -0.39 is 0 Å². The van der Waals surface area contributed by atoms with E-state index in [9.17, 15) is 0 Å². The van der Waals surface area contributed by atoms with Crippen LogP contribution in [0.1, 0.15) is 35.6 Å². The van der Waals surface area contributed by atoms with Gasteiger partial charge in [-0.15, -0.1) is 0 Å². The molecule has 2 aromatic rings. The zero-order valence-corrected chi connectivity index (χ0v) is 12.5. The van der Waals surface area contributed by atoms with Crippen LogP contribution in [-0.2, 0) is 0 Å². The first-order valence-corrected chi connectivity index (χ1v) is 7.17. The van der Waals surface area contributed by atoms with Crippen LogP contribution < -0.4 is 4.74 Å². The molecule has 0 heterocycles. The third kappa shape index (κ3) is 3.99. The van der Waals surface area contributed by atoms with Gasteiger partial charge >= 0.3 is 0 Å². The largest absolute Gasteiger partial charge is 0.493 e. The molecule has 0 bridgehead atoms. The average molecular weight is 266 g/mol. The van der Waals surface area contributed by atoms with E-state index in [0.29, 0.717) is 0 Å².